The van der Waals surface area contributed by atoms with E-state index in [1.165, 1.54) is 32.1 Å². The van der Waals surface area contributed by atoms with Crippen LogP contribution in [0.1, 0.15) is 46.0 Å². The molecule has 0 aromatic carbocycles. The van der Waals surface area contributed by atoms with E-state index in [1.54, 1.807) is 0 Å². The van der Waals surface area contributed by atoms with Crippen molar-refractivity contribution in [3.8, 4) is 0 Å². The number of unbranched alkanes of at least 4 members (excludes halogenated alkanes) is 1. The lowest BCUT2D eigenvalue weighted by molar-refractivity contribution is 0.169. The van der Waals surface area contributed by atoms with Crippen LogP contribution in [0, 0.1) is 0 Å². The van der Waals surface area contributed by atoms with E-state index in [2.05, 4.69) is 33.5 Å². The van der Waals surface area contributed by atoms with E-state index in [4.69, 9.17) is 4.43 Å². The van der Waals surface area contributed by atoms with Gasteiger partial charge in [-0.15, -0.1) is 0 Å². The Morgan fingerprint density at radius 3 is 2.00 bits per heavy atom. The Labute approximate surface area is 85.0 Å². The van der Waals surface area contributed by atoms with Gasteiger partial charge in [-0.05, 0) is 32.5 Å². The second-order valence-corrected chi connectivity index (χ2v) is 9.24. The molecule has 0 aromatic rings. The first kappa shape index (κ1) is 13.2. The molecule has 2 heteroatoms. The smallest absolute Gasteiger partial charge is 0.184 e. The molecule has 13 heavy (non-hydrogen) atoms. The minimum atomic E-state index is -1.31. The number of rotatable bonds is 7. The Morgan fingerprint density at radius 1 is 1.00 bits per heavy atom. The minimum Gasteiger partial charge on any atom is -0.415 e. The molecule has 1 nitrogen and oxygen atoms in total. The quantitative estimate of drug-likeness (QED) is 0.562. The van der Waals surface area contributed by atoms with Gasteiger partial charge in [0.15, 0.2) is 8.32 Å². The van der Waals surface area contributed by atoms with Crippen molar-refractivity contribution < 1.29 is 4.43 Å². The van der Waals surface area contributed by atoms with Gasteiger partial charge in [-0.25, -0.2) is 0 Å². The average molecular weight is 202 g/mol. The first-order chi connectivity index (χ1) is 5.99. The molecule has 1 atom stereocenters. The molecule has 0 amide bonds. The second-order valence-electron chi connectivity index (χ2n) is 4.78. The highest BCUT2D eigenvalue weighted by atomic mass is 28.4. The van der Waals surface area contributed by atoms with Crippen molar-refractivity contribution in [1.29, 1.82) is 0 Å². The largest absolute Gasteiger partial charge is 0.415 e. The molecule has 0 aliphatic heterocycles. The van der Waals surface area contributed by atoms with Gasteiger partial charge in [-0.2, -0.15) is 0 Å². The van der Waals surface area contributed by atoms with Crippen molar-refractivity contribution in [2.45, 2.75) is 71.7 Å². The lowest BCUT2D eigenvalue weighted by atomic mass is 10.1. The van der Waals surface area contributed by atoms with E-state index in [9.17, 15) is 0 Å². The lowest BCUT2D eigenvalue weighted by Gasteiger charge is -2.26. The SMILES string of the molecule is CCCCC(CCC)O[Si](C)(C)C. The third-order valence-corrected chi connectivity index (χ3v) is 3.05. The van der Waals surface area contributed by atoms with E-state index in [1.807, 2.05) is 0 Å². The molecule has 0 rings (SSSR count). The molecule has 0 aliphatic rings. The highest BCUT2D eigenvalue weighted by Crippen LogP contribution is 2.16. The van der Waals surface area contributed by atoms with Crippen LogP contribution in [0.2, 0.25) is 19.6 Å². The summed E-state index contributed by atoms with van der Waals surface area (Å²) in [6.07, 6.45) is 6.89. The summed E-state index contributed by atoms with van der Waals surface area (Å²) in [5.41, 5.74) is 0. The Bertz CT molecular complexity index is 118. The maximum atomic E-state index is 6.12. The zero-order chi connectivity index (χ0) is 10.3. The summed E-state index contributed by atoms with van der Waals surface area (Å²) in [5.74, 6) is 0. The van der Waals surface area contributed by atoms with Gasteiger partial charge in [0.1, 0.15) is 0 Å². The van der Waals surface area contributed by atoms with E-state index in [-0.39, 0.29) is 0 Å². The number of hydrogen-bond acceptors (Lipinski definition) is 1. The molecule has 0 aliphatic carbocycles. The minimum absolute atomic E-state index is 0.539. The number of hydrogen-bond donors (Lipinski definition) is 0. The average Bonchev–Trinajstić information content (AvgIpc) is 1.98. The molecule has 0 heterocycles. The maximum absolute atomic E-state index is 6.12. The van der Waals surface area contributed by atoms with Crippen LogP contribution in [0.3, 0.4) is 0 Å². The molecule has 80 valence electrons. The van der Waals surface area contributed by atoms with Gasteiger partial charge in [-0.3, -0.25) is 0 Å². The first-order valence-electron chi connectivity index (χ1n) is 5.67. The maximum Gasteiger partial charge on any atom is 0.184 e. The highest BCUT2D eigenvalue weighted by Gasteiger charge is 2.19. The van der Waals surface area contributed by atoms with Gasteiger partial charge in [0.05, 0.1) is 0 Å². The van der Waals surface area contributed by atoms with Gasteiger partial charge in [0.2, 0.25) is 0 Å². The molecule has 0 spiro atoms. The van der Waals surface area contributed by atoms with Crippen molar-refractivity contribution in [2.75, 3.05) is 0 Å². The monoisotopic (exact) mass is 202 g/mol. The molecule has 0 fully saturated rings. The summed E-state index contributed by atoms with van der Waals surface area (Å²) in [5, 5.41) is 0. The van der Waals surface area contributed by atoms with E-state index in [0.717, 1.165) is 0 Å². The van der Waals surface area contributed by atoms with Gasteiger partial charge < -0.3 is 4.43 Å². The zero-order valence-corrected chi connectivity index (χ0v) is 11.0. The summed E-state index contributed by atoms with van der Waals surface area (Å²) in [7, 11) is -1.31. The van der Waals surface area contributed by atoms with E-state index < -0.39 is 8.32 Å². The zero-order valence-electron chi connectivity index (χ0n) is 10.0. The Kier molecular flexibility index (Phi) is 6.69. The second kappa shape index (κ2) is 6.60. The van der Waals surface area contributed by atoms with Crippen molar-refractivity contribution >= 4 is 8.32 Å². The van der Waals surface area contributed by atoms with Crippen LogP contribution < -0.4 is 0 Å². The summed E-state index contributed by atoms with van der Waals surface area (Å²) in [6.45, 7) is 11.3. The van der Waals surface area contributed by atoms with Crippen molar-refractivity contribution in [1.82, 2.24) is 0 Å². The summed E-state index contributed by atoms with van der Waals surface area (Å²) in [4.78, 5) is 0. The Hall–Kier alpha value is 0.177. The standard InChI is InChI=1S/C11H26OSi/c1-6-8-10-11(9-7-2)12-13(3,4)5/h11H,6-10H2,1-5H3. The normalized spacial score (nSPS) is 14.5. The Balaban J connectivity index is 3.79. The molecule has 1 unspecified atom stereocenters. The highest BCUT2D eigenvalue weighted by molar-refractivity contribution is 6.69. The Morgan fingerprint density at radius 2 is 1.62 bits per heavy atom. The van der Waals surface area contributed by atoms with Crippen LogP contribution in [0.25, 0.3) is 0 Å². The van der Waals surface area contributed by atoms with E-state index in [0.29, 0.717) is 6.10 Å². The molecule has 0 aromatic heterocycles. The molecule has 0 radical (unpaired) electrons. The molecule has 0 bridgehead atoms. The van der Waals surface area contributed by atoms with Crippen LogP contribution in [-0.4, -0.2) is 14.4 Å². The molecule has 0 N–H and O–H groups in total. The predicted molar refractivity (Wildman–Crippen MR) is 62.7 cm³/mol. The third kappa shape index (κ3) is 8.51. The third-order valence-electron chi connectivity index (χ3n) is 2.01. The van der Waals surface area contributed by atoms with Crippen LogP contribution in [-0.2, 0) is 4.43 Å². The summed E-state index contributed by atoms with van der Waals surface area (Å²) in [6, 6.07) is 0. The molecular formula is C11H26OSi. The molecule has 0 saturated heterocycles. The predicted octanol–water partition coefficient (Wildman–Crippen LogP) is 4.20. The van der Waals surface area contributed by atoms with Gasteiger partial charge >= 0.3 is 0 Å². The van der Waals surface area contributed by atoms with Crippen LogP contribution in [0.4, 0.5) is 0 Å². The molecule has 0 saturated carbocycles. The van der Waals surface area contributed by atoms with E-state index >= 15 is 0 Å². The first-order valence-corrected chi connectivity index (χ1v) is 9.08. The van der Waals surface area contributed by atoms with Gasteiger partial charge in [0.25, 0.3) is 0 Å². The van der Waals surface area contributed by atoms with Crippen LogP contribution in [0.5, 0.6) is 0 Å². The fourth-order valence-corrected chi connectivity index (χ4v) is 2.75. The summed E-state index contributed by atoms with van der Waals surface area (Å²) < 4.78 is 6.12. The van der Waals surface area contributed by atoms with Crippen molar-refractivity contribution in [3.05, 3.63) is 0 Å². The lowest BCUT2D eigenvalue weighted by Crippen LogP contribution is -2.31. The fourth-order valence-electron chi connectivity index (χ4n) is 1.52. The topological polar surface area (TPSA) is 9.23 Å². The van der Waals surface area contributed by atoms with Gasteiger partial charge in [-0.1, -0.05) is 33.1 Å². The fraction of sp³-hybridized carbons (Fsp3) is 1.00. The van der Waals surface area contributed by atoms with Crippen molar-refractivity contribution in [2.24, 2.45) is 0 Å². The molecular weight excluding hydrogens is 176 g/mol. The van der Waals surface area contributed by atoms with Crippen molar-refractivity contribution in [3.63, 3.8) is 0 Å². The van der Waals surface area contributed by atoms with Gasteiger partial charge in [0, 0.05) is 6.10 Å². The summed E-state index contributed by atoms with van der Waals surface area (Å²) >= 11 is 0. The van der Waals surface area contributed by atoms with Crippen LogP contribution in [0.15, 0.2) is 0 Å². The van der Waals surface area contributed by atoms with Crippen LogP contribution >= 0.6 is 0 Å².